The van der Waals surface area contributed by atoms with Crippen molar-refractivity contribution in [3.05, 3.63) is 23.5 Å². The summed E-state index contributed by atoms with van der Waals surface area (Å²) in [5.74, 6) is 0. The van der Waals surface area contributed by atoms with Crippen molar-refractivity contribution >= 4 is 11.2 Å². The Balaban J connectivity index is 2.05. The van der Waals surface area contributed by atoms with E-state index < -0.39 is 0 Å². The molecule has 7 nitrogen and oxygen atoms in total. The lowest BCUT2D eigenvalue weighted by atomic mass is 10.1. The summed E-state index contributed by atoms with van der Waals surface area (Å²) in [5.41, 5.74) is 1.14. The second-order valence-electron chi connectivity index (χ2n) is 5.46. The van der Waals surface area contributed by atoms with Gasteiger partial charge in [0.2, 0.25) is 11.8 Å². The van der Waals surface area contributed by atoms with Crippen LogP contribution in [0.4, 0.5) is 0 Å². The van der Waals surface area contributed by atoms with Crippen LogP contribution in [0.2, 0.25) is 0 Å². The number of fused-ring (bicyclic) bond motifs is 1. The van der Waals surface area contributed by atoms with E-state index in [4.69, 9.17) is 0 Å². The highest BCUT2D eigenvalue weighted by Crippen LogP contribution is 2.22. The Bertz CT molecular complexity index is 590. The van der Waals surface area contributed by atoms with Gasteiger partial charge in [-0.25, -0.2) is 0 Å². The van der Waals surface area contributed by atoms with Crippen LogP contribution in [-0.2, 0) is 0 Å². The Morgan fingerprint density at radius 1 is 1.30 bits per heavy atom. The lowest BCUT2D eigenvalue weighted by Gasteiger charge is -2.35. The summed E-state index contributed by atoms with van der Waals surface area (Å²) in [4.78, 5) is 9.18. The fourth-order valence-corrected chi connectivity index (χ4v) is 2.91. The van der Waals surface area contributed by atoms with Crippen molar-refractivity contribution in [1.82, 2.24) is 24.7 Å². The van der Waals surface area contributed by atoms with Crippen molar-refractivity contribution < 1.29 is 4.85 Å². The molecule has 2 aromatic rings. The van der Waals surface area contributed by atoms with Gasteiger partial charge in [0.05, 0.1) is 0 Å². The van der Waals surface area contributed by atoms with E-state index in [1.165, 1.54) is 19.3 Å². The van der Waals surface area contributed by atoms with Crippen molar-refractivity contribution in [3.63, 3.8) is 0 Å². The van der Waals surface area contributed by atoms with Crippen LogP contribution in [0.25, 0.3) is 11.2 Å². The molecule has 1 saturated heterocycles. The Labute approximate surface area is 118 Å². The summed E-state index contributed by atoms with van der Waals surface area (Å²) in [6.07, 6.45) is 5.24. The zero-order chi connectivity index (χ0) is 14.1. The van der Waals surface area contributed by atoms with E-state index in [2.05, 4.69) is 20.0 Å². The standard InChI is InChI=1S/C13H20N6O/c1-16(2)13(17-9-4-3-5-10-17)18-11-7-6-8-14-12(11)19(20)15-18/h6-8,13H,3-5,9-10H2,1-2H3. The normalized spacial score (nSPS) is 18.8. The zero-order valence-electron chi connectivity index (χ0n) is 11.9. The number of hydrogen-bond donors (Lipinski definition) is 0. The van der Waals surface area contributed by atoms with Crippen molar-refractivity contribution in [2.75, 3.05) is 27.2 Å². The number of rotatable bonds is 3. The molecule has 0 aliphatic carbocycles. The van der Waals surface area contributed by atoms with Crippen LogP contribution in [0.1, 0.15) is 25.6 Å². The number of pyridine rings is 1. The van der Waals surface area contributed by atoms with Gasteiger partial charge in [-0.1, -0.05) is 6.42 Å². The Kier molecular flexibility index (Phi) is 3.54. The molecular weight excluding hydrogens is 256 g/mol. The van der Waals surface area contributed by atoms with Crippen molar-refractivity contribution in [1.29, 1.82) is 0 Å². The second-order valence-corrected chi connectivity index (χ2v) is 5.46. The highest BCUT2D eigenvalue weighted by molar-refractivity contribution is 5.66. The van der Waals surface area contributed by atoms with Crippen LogP contribution >= 0.6 is 0 Å². The Morgan fingerprint density at radius 3 is 2.75 bits per heavy atom. The largest absolute Gasteiger partial charge is 0.721 e. The highest BCUT2D eigenvalue weighted by atomic mass is 16.5. The van der Waals surface area contributed by atoms with Gasteiger partial charge in [0, 0.05) is 18.3 Å². The van der Waals surface area contributed by atoms with Crippen molar-refractivity contribution in [3.8, 4) is 0 Å². The van der Waals surface area contributed by atoms with Gasteiger partial charge in [-0.3, -0.25) is 9.80 Å². The molecule has 0 radical (unpaired) electrons. The Hall–Kier alpha value is -1.73. The molecule has 1 unspecified atom stereocenters. The molecule has 3 heterocycles. The van der Waals surface area contributed by atoms with Gasteiger partial charge < -0.3 is 5.21 Å². The first-order chi connectivity index (χ1) is 9.68. The number of piperidine rings is 1. The molecule has 0 aromatic carbocycles. The minimum absolute atomic E-state index is 0.0443. The van der Waals surface area contributed by atoms with E-state index in [9.17, 15) is 5.21 Å². The molecule has 1 aliphatic rings. The molecule has 0 spiro atoms. The van der Waals surface area contributed by atoms with Crippen LogP contribution in [0.5, 0.6) is 0 Å². The van der Waals surface area contributed by atoms with E-state index in [-0.39, 0.29) is 6.29 Å². The second kappa shape index (κ2) is 5.34. The minimum Gasteiger partial charge on any atom is -0.721 e. The summed E-state index contributed by atoms with van der Waals surface area (Å²) in [6.45, 7) is 2.06. The highest BCUT2D eigenvalue weighted by Gasteiger charge is 2.30. The lowest BCUT2D eigenvalue weighted by molar-refractivity contribution is -0.649. The first-order valence-electron chi connectivity index (χ1n) is 7.02. The molecule has 1 atom stereocenters. The van der Waals surface area contributed by atoms with Gasteiger partial charge in [-0.05, 0) is 39.1 Å². The zero-order valence-corrected chi connectivity index (χ0v) is 11.9. The average Bonchev–Trinajstić information content (AvgIpc) is 2.78. The van der Waals surface area contributed by atoms with Gasteiger partial charge in [0.15, 0.2) is 0 Å². The first kappa shape index (κ1) is 13.3. The summed E-state index contributed by atoms with van der Waals surface area (Å²) in [7, 11) is 4.02. The Morgan fingerprint density at radius 2 is 2.05 bits per heavy atom. The minimum atomic E-state index is -0.0443. The average molecular weight is 276 g/mol. The number of aromatic nitrogens is 4. The van der Waals surface area contributed by atoms with Gasteiger partial charge in [-0.2, -0.15) is 0 Å². The molecule has 0 amide bonds. The number of likely N-dealkylation sites (tertiary alicyclic amines) is 1. The van der Waals surface area contributed by atoms with E-state index in [0.29, 0.717) is 10.5 Å². The predicted octanol–water partition coefficient (Wildman–Crippen LogP) is 0.568. The van der Waals surface area contributed by atoms with E-state index in [1.807, 2.05) is 26.2 Å². The number of hydrogen-bond acceptors (Lipinski definition) is 5. The van der Waals surface area contributed by atoms with Crippen molar-refractivity contribution in [2.45, 2.75) is 25.6 Å². The molecule has 7 heteroatoms. The molecule has 2 aromatic heterocycles. The maximum Gasteiger partial charge on any atom is 0.324 e. The van der Waals surface area contributed by atoms with Crippen LogP contribution < -0.4 is 4.85 Å². The fourth-order valence-electron chi connectivity index (χ4n) is 2.91. The molecule has 0 bridgehead atoms. The molecule has 1 fully saturated rings. The third-order valence-corrected chi connectivity index (χ3v) is 3.77. The monoisotopic (exact) mass is 276 g/mol. The van der Waals surface area contributed by atoms with Gasteiger partial charge in [0.25, 0.3) is 0 Å². The molecule has 0 N–H and O–H groups in total. The topological polar surface area (TPSA) is 64.1 Å². The van der Waals surface area contributed by atoms with Crippen molar-refractivity contribution in [2.24, 2.45) is 0 Å². The van der Waals surface area contributed by atoms with E-state index >= 15 is 0 Å². The van der Waals surface area contributed by atoms with Gasteiger partial charge >= 0.3 is 5.65 Å². The van der Waals surface area contributed by atoms with E-state index in [0.717, 1.165) is 18.6 Å². The van der Waals surface area contributed by atoms with E-state index in [1.54, 1.807) is 10.9 Å². The fraction of sp³-hybridized carbons (Fsp3) is 0.615. The molecule has 108 valence electrons. The molecular formula is C13H20N6O. The molecule has 20 heavy (non-hydrogen) atoms. The third-order valence-electron chi connectivity index (χ3n) is 3.77. The predicted molar refractivity (Wildman–Crippen MR) is 74.6 cm³/mol. The first-order valence-corrected chi connectivity index (χ1v) is 7.02. The van der Waals surface area contributed by atoms with Gasteiger partial charge in [0.1, 0.15) is 6.20 Å². The molecule has 0 saturated carbocycles. The van der Waals surface area contributed by atoms with Gasteiger partial charge in [-0.15, -0.1) is 14.5 Å². The summed E-state index contributed by atoms with van der Waals surface area (Å²) in [5, 5.41) is 16.0. The summed E-state index contributed by atoms with van der Waals surface area (Å²) in [6, 6.07) is 3.73. The summed E-state index contributed by atoms with van der Waals surface area (Å²) >= 11 is 0. The van der Waals surface area contributed by atoms with Crippen LogP contribution in [0.15, 0.2) is 18.3 Å². The quantitative estimate of drug-likeness (QED) is 0.606. The third kappa shape index (κ3) is 2.23. The van der Waals surface area contributed by atoms with Crippen LogP contribution in [0.3, 0.4) is 0 Å². The van der Waals surface area contributed by atoms with Crippen LogP contribution in [-0.4, -0.2) is 51.9 Å². The summed E-state index contributed by atoms with van der Waals surface area (Å²) < 4.78 is 1.78. The molecule has 3 rings (SSSR count). The maximum absolute atomic E-state index is 11.9. The maximum atomic E-state index is 11.9. The smallest absolute Gasteiger partial charge is 0.324 e. The molecule has 1 aliphatic heterocycles. The lowest BCUT2D eigenvalue weighted by Crippen LogP contribution is -2.45. The van der Waals surface area contributed by atoms with Crippen LogP contribution in [0, 0.1) is 5.21 Å². The number of nitrogens with zero attached hydrogens (tertiary/aromatic N) is 6. The SMILES string of the molecule is CN(C)C(N1CCCCC1)n1n[n+]([O-])c2ncccc21.